The van der Waals surface area contributed by atoms with E-state index in [2.05, 4.69) is 77.9 Å². The Balaban J connectivity index is 1.34. The smallest absolute Gasteiger partial charge is 0.0162 e. The Morgan fingerprint density at radius 3 is 1.19 bits per heavy atom. The van der Waals surface area contributed by atoms with Gasteiger partial charge in [-0.2, -0.15) is 0 Å². The predicted octanol–water partition coefficient (Wildman–Crippen LogP) is 9.19. The van der Waals surface area contributed by atoms with Crippen LogP contribution in [-0.2, 0) is 0 Å². The Hall–Kier alpha value is -1.56. The zero-order valence-electron chi connectivity index (χ0n) is 20.9. The maximum absolute atomic E-state index is 2.61. The van der Waals surface area contributed by atoms with Crippen LogP contribution in [0.25, 0.3) is 0 Å². The SMILES string of the molecule is Cc1ccc(C2CCC(C(C)(C)C3CCC(c4ccc(C)c(C)c4)CC3)CC2)cc1C. The van der Waals surface area contributed by atoms with Crippen LogP contribution in [-0.4, -0.2) is 0 Å². The molecule has 2 aromatic carbocycles. The summed E-state index contributed by atoms with van der Waals surface area (Å²) in [5, 5.41) is 0. The van der Waals surface area contributed by atoms with Gasteiger partial charge < -0.3 is 0 Å². The molecule has 4 rings (SSSR count). The molecule has 0 bridgehead atoms. The van der Waals surface area contributed by atoms with E-state index < -0.39 is 0 Å². The molecule has 2 aliphatic rings. The Kier molecular flexibility index (Phi) is 6.66. The number of hydrogen-bond donors (Lipinski definition) is 0. The van der Waals surface area contributed by atoms with E-state index >= 15 is 0 Å². The maximum Gasteiger partial charge on any atom is -0.0162 e. The molecule has 0 heteroatoms. The summed E-state index contributed by atoms with van der Waals surface area (Å²) >= 11 is 0. The van der Waals surface area contributed by atoms with Crippen LogP contribution in [0.5, 0.6) is 0 Å². The van der Waals surface area contributed by atoms with Gasteiger partial charge in [0.2, 0.25) is 0 Å². The highest BCUT2D eigenvalue weighted by Crippen LogP contribution is 2.52. The molecule has 0 saturated heterocycles. The average molecular weight is 417 g/mol. The third-order valence-corrected chi connectivity index (χ3v) is 9.56. The second-order valence-corrected chi connectivity index (χ2v) is 11.6. The monoisotopic (exact) mass is 416 g/mol. The lowest BCUT2D eigenvalue weighted by atomic mass is 9.58. The molecule has 0 atom stereocenters. The minimum absolute atomic E-state index is 0.488. The van der Waals surface area contributed by atoms with Crippen molar-refractivity contribution in [3.63, 3.8) is 0 Å². The Morgan fingerprint density at radius 2 is 0.871 bits per heavy atom. The lowest BCUT2D eigenvalue weighted by molar-refractivity contribution is 0.0513. The minimum atomic E-state index is 0.488. The van der Waals surface area contributed by atoms with Gasteiger partial charge in [-0.3, -0.25) is 0 Å². The van der Waals surface area contributed by atoms with Crippen LogP contribution in [0.3, 0.4) is 0 Å². The lowest BCUT2D eigenvalue weighted by Gasteiger charge is -2.47. The van der Waals surface area contributed by atoms with Gasteiger partial charge in [0.1, 0.15) is 0 Å². The van der Waals surface area contributed by atoms with Crippen LogP contribution in [0.2, 0.25) is 0 Å². The first-order chi connectivity index (χ1) is 14.8. The fraction of sp³-hybridized carbons (Fsp3) is 0.613. The average Bonchev–Trinajstić information content (AvgIpc) is 2.78. The van der Waals surface area contributed by atoms with E-state index in [4.69, 9.17) is 0 Å². The fourth-order valence-corrected chi connectivity index (χ4v) is 6.71. The third kappa shape index (κ3) is 4.79. The summed E-state index contributed by atoms with van der Waals surface area (Å²) in [4.78, 5) is 0. The van der Waals surface area contributed by atoms with Crippen molar-refractivity contribution in [1.29, 1.82) is 0 Å². The molecule has 2 saturated carbocycles. The first-order valence-corrected chi connectivity index (χ1v) is 12.9. The molecule has 31 heavy (non-hydrogen) atoms. The summed E-state index contributed by atoms with van der Waals surface area (Å²) in [6.45, 7) is 14.2. The van der Waals surface area contributed by atoms with Gasteiger partial charge in [0.05, 0.1) is 0 Å². The van der Waals surface area contributed by atoms with Crippen molar-refractivity contribution in [3.8, 4) is 0 Å². The van der Waals surface area contributed by atoms with Crippen molar-refractivity contribution in [3.05, 3.63) is 69.8 Å². The van der Waals surface area contributed by atoms with Gasteiger partial charge in [-0.05, 0) is 142 Å². The normalized spacial score (nSPS) is 27.3. The molecule has 0 amide bonds. The van der Waals surface area contributed by atoms with Crippen LogP contribution >= 0.6 is 0 Å². The highest BCUT2D eigenvalue weighted by molar-refractivity contribution is 5.33. The highest BCUT2D eigenvalue weighted by atomic mass is 14.5. The standard InChI is InChI=1S/C31H44/c1-21-7-9-27(19-23(21)3)25-11-15-29(16-12-25)31(5,6)30-17-13-26(14-18-30)28-10-8-22(2)24(4)20-28/h7-10,19-20,25-26,29-30H,11-18H2,1-6H3. The van der Waals surface area contributed by atoms with Crippen LogP contribution < -0.4 is 0 Å². The summed E-state index contributed by atoms with van der Waals surface area (Å²) in [6, 6.07) is 14.4. The van der Waals surface area contributed by atoms with Gasteiger partial charge in [0, 0.05) is 0 Å². The summed E-state index contributed by atoms with van der Waals surface area (Å²) in [5.41, 5.74) is 9.44. The van der Waals surface area contributed by atoms with E-state index in [0.717, 1.165) is 23.7 Å². The van der Waals surface area contributed by atoms with Crippen molar-refractivity contribution in [2.75, 3.05) is 0 Å². The largest absolute Gasteiger partial charge is 0.0594 e. The van der Waals surface area contributed by atoms with E-state index in [-0.39, 0.29) is 0 Å². The van der Waals surface area contributed by atoms with Crippen LogP contribution in [0.4, 0.5) is 0 Å². The molecular weight excluding hydrogens is 372 g/mol. The van der Waals surface area contributed by atoms with Crippen molar-refractivity contribution >= 4 is 0 Å². The van der Waals surface area contributed by atoms with E-state index in [9.17, 15) is 0 Å². The zero-order chi connectivity index (χ0) is 22.2. The molecular formula is C31H44. The summed E-state index contributed by atoms with van der Waals surface area (Å²) < 4.78 is 0. The van der Waals surface area contributed by atoms with Crippen molar-refractivity contribution < 1.29 is 0 Å². The molecule has 0 aliphatic heterocycles. The topological polar surface area (TPSA) is 0 Å². The van der Waals surface area contributed by atoms with Gasteiger partial charge in [-0.25, -0.2) is 0 Å². The van der Waals surface area contributed by atoms with Crippen molar-refractivity contribution in [2.45, 2.75) is 105 Å². The maximum atomic E-state index is 2.61. The van der Waals surface area contributed by atoms with Crippen LogP contribution in [0.15, 0.2) is 36.4 Å². The van der Waals surface area contributed by atoms with Gasteiger partial charge in [-0.15, -0.1) is 0 Å². The van der Waals surface area contributed by atoms with Crippen LogP contribution in [0, 0.1) is 44.9 Å². The van der Waals surface area contributed by atoms with E-state index in [0.29, 0.717) is 5.41 Å². The molecule has 0 nitrogen and oxygen atoms in total. The molecule has 2 aromatic rings. The Labute approximate surface area is 191 Å². The van der Waals surface area contributed by atoms with Crippen molar-refractivity contribution in [2.24, 2.45) is 17.3 Å². The zero-order valence-corrected chi connectivity index (χ0v) is 20.9. The Bertz CT molecular complexity index is 813. The molecule has 0 spiro atoms. The third-order valence-electron chi connectivity index (χ3n) is 9.56. The van der Waals surface area contributed by atoms with Gasteiger partial charge in [0.25, 0.3) is 0 Å². The summed E-state index contributed by atoms with van der Waals surface area (Å²) in [6.07, 6.45) is 11.2. The second kappa shape index (κ2) is 9.13. The van der Waals surface area contributed by atoms with Gasteiger partial charge in [-0.1, -0.05) is 50.2 Å². The molecule has 168 valence electrons. The molecule has 0 aromatic heterocycles. The molecule has 2 fully saturated rings. The number of hydrogen-bond acceptors (Lipinski definition) is 0. The number of aryl methyl sites for hydroxylation is 4. The summed E-state index contributed by atoms with van der Waals surface area (Å²) in [7, 11) is 0. The number of benzene rings is 2. The lowest BCUT2D eigenvalue weighted by Crippen LogP contribution is -2.36. The quantitative estimate of drug-likeness (QED) is 0.466. The predicted molar refractivity (Wildman–Crippen MR) is 135 cm³/mol. The number of rotatable bonds is 4. The fourth-order valence-electron chi connectivity index (χ4n) is 6.71. The minimum Gasteiger partial charge on any atom is -0.0594 e. The summed E-state index contributed by atoms with van der Waals surface area (Å²) in [5.74, 6) is 3.37. The molecule has 0 N–H and O–H groups in total. The van der Waals surface area contributed by atoms with E-state index in [1.807, 2.05) is 0 Å². The van der Waals surface area contributed by atoms with E-state index in [1.165, 1.54) is 73.6 Å². The van der Waals surface area contributed by atoms with Gasteiger partial charge in [0.15, 0.2) is 0 Å². The molecule has 2 aliphatic carbocycles. The molecule has 0 unspecified atom stereocenters. The second-order valence-electron chi connectivity index (χ2n) is 11.6. The first kappa shape index (κ1) is 22.6. The van der Waals surface area contributed by atoms with Crippen molar-refractivity contribution in [1.82, 2.24) is 0 Å². The van der Waals surface area contributed by atoms with Crippen LogP contribution in [0.1, 0.15) is 110 Å². The van der Waals surface area contributed by atoms with Gasteiger partial charge >= 0.3 is 0 Å². The molecule has 0 heterocycles. The Morgan fingerprint density at radius 1 is 0.516 bits per heavy atom. The first-order valence-electron chi connectivity index (χ1n) is 12.9. The molecule has 0 radical (unpaired) electrons. The highest BCUT2D eigenvalue weighted by Gasteiger charge is 2.40. The van der Waals surface area contributed by atoms with E-state index in [1.54, 1.807) is 11.1 Å².